The van der Waals surface area contributed by atoms with Gasteiger partial charge < -0.3 is 15.4 Å². The Morgan fingerprint density at radius 2 is 2.06 bits per heavy atom. The number of nitrogens with two attached hydrogens (primary N) is 1. The van der Waals surface area contributed by atoms with Gasteiger partial charge in [0.25, 0.3) is 0 Å². The van der Waals surface area contributed by atoms with E-state index < -0.39 is 0 Å². The lowest BCUT2D eigenvalue weighted by Gasteiger charge is -2.38. The Morgan fingerprint density at radius 3 is 2.50 bits per heavy atom. The molecular formula is C11H22N4O. The fourth-order valence-electron chi connectivity index (χ4n) is 1.55. The summed E-state index contributed by atoms with van der Waals surface area (Å²) in [5, 5.41) is 4.17. The van der Waals surface area contributed by atoms with Gasteiger partial charge in [-0.05, 0) is 27.9 Å². The normalized spacial score (nSPS) is 14.2. The fourth-order valence-corrected chi connectivity index (χ4v) is 1.55. The van der Waals surface area contributed by atoms with Crippen LogP contribution in [0.15, 0.2) is 6.20 Å². The van der Waals surface area contributed by atoms with Crippen LogP contribution in [0.1, 0.15) is 25.6 Å². The van der Waals surface area contributed by atoms with E-state index in [4.69, 9.17) is 10.5 Å². The van der Waals surface area contributed by atoms with Crippen LogP contribution in [0.25, 0.3) is 0 Å². The van der Waals surface area contributed by atoms with Crippen molar-refractivity contribution in [2.24, 2.45) is 12.8 Å². The summed E-state index contributed by atoms with van der Waals surface area (Å²) in [4.78, 5) is 2.10. The van der Waals surface area contributed by atoms with Crippen LogP contribution in [0.2, 0.25) is 0 Å². The van der Waals surface area contributed by atoms with Crippen molar-refractivity contribution in [3.8, 4) is 5.75 Å². The smallest absolute Gasteiger partial charge is 0.161 e. The van der Waals surface area contributed by atoms with Crippen molar-refractivity contribution in [2.45, 2.75) is 25.4 Å². The highest BCUT2D eigenvalue weighted by Crippen LogP contribution is 2.32. The molecule has 0 saturated carbocycles. The molecule has 0 fully saturated rings. The second-order valence-electron chi connectivity index (χ2n) is 4.75. The summed E-state index contributed by atoms with van der Waals surface area (Å²) in [6.07, 6.45) is 1.70. The zero-order valence-electron chi connectivity index (χ0n) is 11.0. The summed E-state index contributed by atoms with van der Waals surface area (Å²) >= 11 is 0. The number of hydrogen-bond acceptors (Lipinski definition) is 4. The van der Waals surface area contributed by atoms with Gasteiger partial charge in [-0.15, -0.1) is 0 Å². The maximum atomic E-state index is 6.31. The van der Waals surface area contributed by atoms with Crippen molar-refractivity contribution in [1.29, 1.82) is 0 Å². The molecule has 0 amide bonds. The van der Waals surface area contributed by atoms with Crippen LogP contribution in [-0.4, -0.2) is 41.4 Å². The van der Waals surface area contributed by atoms with Crippen LogP contribution in [0, 0.1) is 0 Å². The lowest BCUT2D eigenvalue weighted by Crippen LogP contribution is -2.48. The third-order valence-electron chi connectivity index (χ3n) is 3.38. The summed E-state index contributed by atoms with van der Waals surface area (Å²) in [6, 6.07) is -0.162. The van der Waals surface area contributed by atoms with E-state index in [1.165, 1.54) is 0 Å². The van der Waals surface area contributed by atoms with E-state index in [0.717, 1.165) is 11.4 Å². The minimum Gasteiger partial charge on any atom is -0.493 e. The highest BCUT2D eigenvalue weighted by Gasteiger charge is 2.33. The number of aryl methyl sites for hydroxylation is 1. The molecule has 2 N–H and O–H groups in total. The van der Waals surface area contributed by atoms with Gasteiger partial charge in [0.15, 0.2) is 5.75 Å². The molecule has 1 aromatic rings. The zero-order valence-corrected chi connectivity index (χ0v) is 11.0. The average molecular weight is 226 g/mol. The molecule has 0 aliphatic carbocycles. The summed E-state index contributed by atoms with van der Waals surface area (Å²) in [7, 11) is 7.55. The van der Waals surface area contributed by atoms with Crippen LogP contribution in [0.5, 0.6) is 5.75 Å². The highest BCUT2D eigenvalue weighted by molar-refractivity contribution is 5.30. The van der Waals surface area contributed by atoms with Crippen molar-refractivity contribution in [3.63, 3.8) is 0 Å². The molecule has 0 aromatic carbocycles. The Bertz CT molecular complexity index is 357. The van der Waals surface area contributed by atoms with E-state index in [-0.39, 0.29) is 11.6 Å². The van der Waals surface area contributed by atoms with Crippen molar-refractivity contribution in [2.75, 3.05) is 21.2 Å². The van der Waals surface area contributed by atoms with Crippen LogP contribution in [0.3, 0.4) is 0 Å². The molecule has 0 aliphatic rings. The number of methoxy groups -OCH3 is 1. The van der Waals surface area contributed by atoms with E-state index in [0.29, 0.717) is 0 Å². The maximum Gasteiger partial charge on any atom is 0.161 e. The van der Waals surface area contributed by atoms with Crippen LogP contribution in [-0.2, 0) is 7.05 Å². The zero-order chi connectivity index (χ0) is 12.5. The third-order valence-corrected chi connectivity index (χ3v) is 3.38. The topological polar surface area (TPSA) is 56.3 Å². The lowest BCUT2D eigenvalue weighted by atomic mass is 9.91. The molecule has 0 aliphatic heterocycles. The van der Waals surface area contributed by atoms with Crippen molar-refractivity contribution in [1.82, 2.24) is 14.7 Å². The van der Waals surface area contributed by atoms with Gasteiger partial charge in [-0.3, -0.25) is 4.68 Å². The van der Waals surface area contributed by atoms with E-state index in [1.54, 1.807) is 18.0 Å². The molecule has 5 heteroatoms. The van der Waals surface area contributed by atoms with Gasteiger partial charge in [-0.25, -0.2) is 0 Å². The highest BCUT2D eigenvalue weighted by atomic mass is 16.5. The number of hydrogen-bond donors (Lipinski definition) is 1. The standard InChI is InChI=1S/C11H22N4O/c1-11(2,14(3)4)10(12)9-8(16-6)7-13-15(9)5/h7,10H,12H2,1-6H3. The van der Waals surface area contributed by atoms with E-state index >= 15 is 0 Å². The van der Waals surface area contributed by atoms with Crippen LogP contribution in [0.4, 0.5) is 0 Å². The first kappa shape index (κ1) is 13.0. The molecule has 0 radical (unpaired) electrons. The Hall–Kier alpha value is -1.07. The van der Waals surface area contributed by atoms with E-state index in [9.17, 15) is 0 Å². The monoisotopic (exact) mass is 226 g/mol. The minimum atomic E-state index is -0.166. The molecule has 5 nitrogen and oxygen atoms in total. The van der Waals surface area contributed by atoms with Gasteiger partial charge >= 0.3 is 0 Å². The predicted molar refractivity (Wildman–Crippen MR) is 64.5 cm³/mol. The molecule has 0 spiro atoms. The number of aromatic nitrogens is 2. The molecular weight excluding hydrogens is 204 g/mol. The molecule has 0 saturated heterocycles. The van der Waals surface area contributed by atoms with Crippen LogP contribution < -0.4 is 10.5 Å². The van der Waals surface area contributed by atoms with Gasteiger partial charge in [0.05, 0.1) is 25.0 Å². The largest absolute Gasteiger partial charge is 0.493 e. The molecule has 92 valence electrons. The molecule has 1 aromatic heterocycles. The molecule has 16 heavy (non-hydrogen) atoms. The Balaban J connectivity index is 3.13. The molecule has 1 atom stereocenters. The Kier molecular flexibility index (Phi) is 3.60. The Labute approximate surface area is 97.2 Å². The van der Waals surface area contributed by atoms with Gasteiger partial charge in [0.2, 0.25) is 0 Å². The summed E-state index contributed by atoms with van der Waals surface area (Å²) in [5.41, 5.74) is 7.07. The summed E-state index contributed by atoms with van der Waals surface area (Å²) < 4.78 is 7.05. The van der Waals surface area contributed by atoms with E-state index in [1.807, 2.05) is 21.1 Å². The lowest BCUT2D eigenvalue weighted by molar-refractivity contribution is 0.153. The van der Waals surface area contributed by atoms with Crippen molar-refractivity contribution in [3.05, 3.63) is 11.9 Å². The first-order valence-corrected chi connectivity index (χ1v) is 5.31. The average Bonchev–Trinajstić information content (AvgIpc) is 2.57. The number of nitrogens with zero attached hydrogens (tertiary/aromatic N) is 3. The van der Waals surface area contributed by atoms with Crippen molar-refractivity contribution < 1.29 is 4.74 Å². The molecule has 0 bridgehead atoms. The predicted octanol–water partition coefficient (Wildman–Crippen LogP) is 0.769. The van der Waals surface area contributed by atoms with Gasteiger partial charge in [-0.1, -0.05) is 0 Å². The first-order valence-electron chi connectivity index (χ1n) is 5.31. The molecule has 1 heterocycles. The van der Waals surface area contributed by atoms with E-state index in [2.05, 4.69) is 23.8 Å². The summed E-state index contributed by atoms with van der Waals surface area (Å²) in [6.45, 7) is 4.20. The van der Waals surface area contributed by atoms with Crippen LogP contribution >= 0.6 is 0 Å². The maximum absolute atomic E-state index is 6.31. The third kappa shape index (κ3) is 2.05. The minimum absolute atomic E-state index is 0.162. The fraction of sp³-hybridized carbons (Fsp3) is 0.727. The molecule has 1 unspecified atom stereocenters. The van der Waals surface area contributed by atoms with Crippen molar-refractivity contribution >= 4 is 0 Å². The summed E-state index contributed by atoms with van der Waals surface area (Å²) in [5.74, 6) is 0.741. The number of ether oxygens (including phenoxy) is 1. The Morgan fingerprint density at radius 1 is 1.50 bits per heavy atom. The van der Waals surface area contributed by atoms with Gasteiger partial charge in [0.1, 0.15) is 0 Å². The first-order chi connectivity index (χ1) is 7.32. The SMILES string of the molecule is COc1cnn(C)c1C(N)C(C)(C)N(C)C. The second-order valence-corrected chi connectivity index (χ2v) is 4.75. The number of likely N-dealkylation sites (N-methyl/N-ethyl adjacent to an activating group) is 1. The van der Waals surface area contributed by atoms with Gasteiger partial charge in [-0.2, -0.15) is 5.10 Å². The van der Waals surface area contributed by atoms with Gasteiger partial charge in [0, 0.05) is 12.6 Å². The second kappa shape index (κ2) is 4.43. The molecule has 1 rings (SSSR count). The quantitative estimate of drug-likeness (QED) is 0.824. The number of rotatable bonds is 4.